The van der Waals surface area contributed by atoms with Gasteiger partial charge in [-0.1, -0.05) is 29.3 Å². The van der Waals surface area contributed by atoms with E-state index in [-0.39, 0.29) is 0 Å². The number of rotatable bonds is 6. The van der Waals surface area contributed by atoms with Crippen LogP contribution in [0.4, 0.5) is 0 Å². The summed E-state index contributed by atoms with van der Waals surface area (Å²) >= 11 is 5.91. The number of ether oxygens (including phenoxy) is 2. The van der Waals surface area contributed by atoms with Crippen LogP contribution in [0.2, 0.25) is 5.02 Å². The van der Waals surface area contributed by atoms with Crippen molar-refractivity contribution < 1.29 is 9.47 Å². The topological polar surface area (TPSA) is 44.5 Å². The van der Waals surface area contributed by atoms with Crippen LogP contribution >= 0.6 is 11.6 Å². The minimum absolute atomic E-state index is 0.398. The van der Waals surface area contributed by atoms with Gasteiger partial charge in [-0.15, -0.1) is 0 Å². The van der Waals surface area contributed by atoms with E-state index in [4.69, 9.17) is 26.8 Å². The maximum Gasteiger partial charge on any atom is 0.124 e. The fraction of sp³-hybridized carbons (Fsp3) is 0.250. The molecular weight excluding hydrogens is 274 g/mol. The lowest BCUT2D eigenvalue weighted by Gasteiger charge is -2.11. The molecule has 0 radical (unpaired) electrons. The second-order valence-electron chi connectivity index (χ2n) is 4.47. The Balaban J connectivity index is 1.82. The zero-order valence-corrected chi connectivity index (χ0v) is 12.2. The molecule has 0 aliphatic carbocycles. The van der Waals surface area contributed by atoms with E-state index in [0.29, 0.717) is 24.8 Å². The lowest BCUT2D eigenvalue weighted by atomic mass is 10.2. The van der Waals surface area contributed by atoms with Crippen molar-refractivity contribution in [2.45, 2.75) is 13.5 Å². The summed E-state index contributed by atoms with van der Waals surface area (Å²) in [4.78, 5) is 0. The van der Waals surface area contributed by atoms with Gasteiger partial charge in [-0.25, -0.2) is 0 Å². The molecule has 106 valence electrons. The quantitative estimate of drug-likeness (QED) is 0.828. The Kier molecular flexibility index (Phi) is 5.27. The fourth-order valence-electron chi connectivity index (χ4n) is 1.79. The molecular formula is C16H18ClNO2. The van der Waals surface area contributed by atoms with Gasteiger partial charge in [0.05, 0.1) is 0 Å². The van der Waals surface area contributed by atoms with Gasteiger partial charge in [-0.3, -0.25) is 0 Å². The van der Waals surface area contributed by atoms with Crippen LogP contribution in [0.5, 0.6) is 11.5 Å². The molecule has 2 rings (SSSR count). The number of hydrogen-bond acceptors (Lipinski definition) is 3. The third kappa shape index (κ3) is 4.15. The summed E-state index contributed by atoms with van der Waals surface area (Å²) < 4.78 is 11.3. The molecule has 0 saturated carbocycles. The van der Waals surface area contributed by atoms with Crippen molar-refractivity contribution in [1.82, 2.24) is 0 Å². The van der Waals surface area contributed by atoms with E-state index in [1.54, 1.807) is 6.07 Å². The molecule has 20 heavy (non-hydrogen) atoms. The highest BCUT2D eigenvalue weighted by Gasteiger charge is 2.03. The van der Waals surface area contributed by atoms with Crippen LogP contribution in [0, 0.1) is 6.92 Å². The van der Waals surface area contributed by atoms with Gasteiger partial charge in [0, 0.05) is 17.1 Å². The first kappa shape index (κ1) is 14.7. The molecule has 0 aliphatic heterocycles. The van der Waals surface area contributed by atoms with E-state index < -0.39 is 0 Å². The summed E-state index contributed by atoms with van der Waals surface area (Å²) in [5.41, 5.74) is 7.77. The van der Waals surface area contributed by atoms with Gasteiger partial charge in [0.1, 0.15) is 24.7 Å². The lowest BCUT2D eigenvalue weighted by molar-refractivity contribution is 0.216. The van der Waals surface area contributed by atoms with Crippen LogP contribution in [0.15, 0.2) is 42.5 Å². The van der Waals surface area contributed by atoms with Gasteiger partial charge >= 0.3 is 0 Å². The zero-order valence-electron chi connectivity index (χ0n) is 11.4. The number of halogens is 1. The summed E-state index contributed by atoms with van der Waals surface area (Å²) in [6.07, 6.45) is 0. The zero-order chi connectivity index (χ0) is 14.4. The van der Waals surface area contributed by atoms with Gasteiger partial charge in [-0.2, -0.15) is 0 Å². The Morgan fingerprint density at radius 1 is 1.00 bits per heavy atom. The molecule has 4 heteroatoms. The molecule has 0 aliphatic rings. The summed E-state index contributed by atoms with van der Waals surface area (Å²) in [5, 5.41) is 0.661. The maximum atomic E-state index is 5.91. The SMILES string of the molecule is Cc1ccc(OCCOc2ccc(Cl)cc2CN)cc1. The first-order chi connectivity index (χ1) is 9.69. The van der Waals surface area contributed by atoms with Crippen molar-refractivity contribution in [2.24, 2.45) is 5.73 Å². The summed E-state index contributed by atoms with van der Waals surface area (Å²) in [6.45, 7) is 3.38. The molecule has 0 amide bonds. The van der Waals surface area contributed by atoms with E-state index >= 15 is 0 Å². The third-order valence-corrected chi connectivity index (χ3v) is 3.11. The molecule has 0 unspecified atom stereocenters. The average Bonchev–Trinajstić information content (AvgIpc) is 2.46. The largest absolute Gasteiger partial charge is 0.490 e. The summed E-state index contributed by atoms with van der Waals surface area (Å²) in [5.74, 6) is 1.60. The Labute approximate surface area is 124 Å². The number of hydrogen-bond donors (Lipinski definition) is 1. The molecule has 2 N–H and O–H groups in total. The second-order valence-corrected chi connectivity index (χ2v) is 4.90. The normalized spacial score (nSPS) is 10.3. The van der Waals surface area contributed by atoms with E-state index in [2.05, 4.69) is 0 Å². The molecule has 0 bridgehead atoms. The van der Waals surface area contributed by atoms with Crippen LogP contribution in [-0.4, -0.2) is 13.2 Å². The molecule has 0 saturated heterocycles. The monoisotopic (exact) mass is 291 g/mol. The minimum Gasteiger partial charge on any atom is -0.490 e. The highest BCUT2D eigenvalue weighted by Crippen LogP contribution is 2.22. The average molecular weight is 292 g/mol. The van der Waals surface area contributed by atoms with Gasteiger partial charge in [0.15, 0.2) is 0 Å². The van der Waals surface area contributed by atoms with Gasteiger partial charge in [0.2, 0.25) is 0 Å². The second kappa shape index (κ2) is 7.17. The Morgan fingerprint density at radius 2 is 1.70 bits per heavy atom. The van der Waals surface area contributed by atoms with Crippen molar-refractivity contribution >= 4 is 11.6 Å². The predicted octanol–water partition coefficient (Wildman–Crippen LogP) is 3.56. The van der Waals surface area contributed by atoms with Gasteiger partial charge in [-0.05, 0) is 37.3 Å². The van der Waals surface area contributed by atoms with Crippen LogP contribution in [0.1, 0.15) is 11.1 Å². The van der Waals surface area contributed by atoms with E-state index in [9.17, 15) is 0 Å². The van der Waals surface area contributed by atoms with Crippen molar-refractivity contribution in [1.29, 1.82) is 0 Å². The Morgan fingerprint density at radius 3 is 2.40 bits per heavy atom. The highest BCUT2D eigenvalue weighted by atomic mass is 35.5. The highest BCUT2D eigenvalue weighted by molar-refractivity contribution is 6.30. The van der Waals surface area contributed by atoms with Crippen LogP contribution in [0.3, 0.4) is 0 Å². The molecule has 0 heterocycles. The number of aryl methyl sites for hydroxylation is 1. The Hall–Kier alpha value is -1.71. The van der Waals surface area contributed by atoms with Crippen LogP contribution in [0.25, 0.3) is 0 Å². The molecule has 0 atom stereocenters. The minimum atomic E-state index is 0.398. The van der Waals surface area contributed by atoms with Crippen LogP contribution in [-0.2, 0) is 6.54 Å². The standard InChI is InChI=1S/C16H18ClNO2/c1-12-2-5-15(6-3-12)19-8-9-20-16-7-4-14(17)10-13(16)11-18/h2-7,10H,8-9,11,18H2,1H3. The maximum absolute atomic E-state index is 5.91. The van der Waals surface area contributed by atoms with Crippen molar-refractivity contribution in [3.63, 3.8) is 0 Å². The smallest absolute Gasteiger partial charge is 0.124 e. The van der Waals surface area contributed by atoms with Crippen molar-refractivity contribution in [3.05, 3.63) is 58.6 Å². The summed E-state index contributed by atoms with van der Waals surface area (Å²) in [7, 11) is 0. The van der Waals surface area contributed by atoms with Gasteiger partial charge in [0.25, 0.3) is 0 Å². The molecule has 0 aromatic heterocycles. The molecule has 3 nitrogen and oxygen atoms in total. The van der Waals surface area contributed by atoms with E-state index in [0.717, 1.165) is 17.1 Å². The predicted molar refractivity (Wildman–Crippen MR) is 81.5 cm³/mol. The van der Waals surface area contributed by atoms with Gasteiger partial charge < -0.3 is 15.2 Å². The third-order valence-electron chi connectivity index (χ3n) is 2.87. The first-order valence-corrected chi connectivity index (χ1v) is 6.87. The molecule has 2 aromatic rings. The van der Waals surface area contributed by atoms with E-state index in [1.165, 1.54) is 5.56 Å². The first-order valence-electron chi connectivity index (χ1n) is 6.50. The van der Waals surface area contributed by atoms with Crippen molar-refractivity contribution in [2.75, 3.05) is 13.2 Å². The lowest BCUT2D eigenvalue weighted by Crippen LogP contribution is -2.11. The molecule has 0 spiro atoms. The molecule has 2 aromatic carbocycles. The Bertz CT molecular complexity index is 555. The van der Waals surface area contributed by atoms with Crippen molar-refractivity contribution in [3.8, 4) is 11.5 Å². The number of nitrogens with two attached hydrogens (primary N) is 1. The number of benzene rings is 2. The fourth-order valence-corrected chi connectivity index (χ4v) is 1.99. The molecule has 0 fully saturated rings. The van der Waals surface area contributed by atoms with E-state index in [1.807, 2.05) is 43.3 Å². The van der Waals surface area contributed by atoms with Crippen LogP contribution < -0.4 is 15.2 Å². The summed E-state index contributed by atoms with van der Waals surface area (Å²) in [6, 6.07) is 13.4.